The lowest BCUT2D eigenvalue weighted by atomic mass is 10.1. The Labute approximate surface area is 192 Å². The second-order valence-electron chi connectivity index (χ2n) is 7.64. The number of para-hydroxylation sites is 1. The molecule has 0 unspecified atom stereocenters. The molecule has 1 saturated heterocycles. The first-order chi connectivity index (χ1) is 15.7. The molecule has 1 aromatic heterocycles. The van der Waals surface area contributed by atoms with E-state index in [0.29, 0.717) is 43.9 Å². The lowest BCUT2D eigenvalue weighted by molar-refractivity contribution is -0.124. The fourth-order valence-electron chi connectivity index (χ4n) is 3.93. The molecule has 1 aliphatic rings. The summed E-state index contributed by atoms with van der Waals surface area (Å²) in [6, 6.07) is 16.8. The van der Waals surface area contributed by atoms with Crippen LogP contribution in [-0.4, -0.2) is 47.4 Å². The van der Waals surface area contributed by atoms with Crippen molar-refractivity contribution in [2.24, 2.45) is 0 Å². The number of hydrogen-bond donors (Lipinski definition) is 1. The van der Waals surface area contributed by atoms with Crippen molar-refractivity contribution in [3.8, 4) is 16.3 Å². The van der Waals surface area contributed by atoms with Crippen molar-refractivity contribution in [3.63, 3.8) is 0 Å². The second kappa shape index (κ2) is 10.4. The van der Waals surface area contributed by atoms with Crippen molar-refractivity contribution in [1.29, 1.82) is 0 Å². The molecule has 166 valence electrons. The van der Waals surface area contributed by atoms with Gasteiger partial charge in [-0.3, -0.25) is 9.59 Å². The van der Waals surface area contributed by atoms with Crippen molar-refractivity contribution < 1.29 is 14.3 Å². The smallest absolute Gasteiger partial charge is 0.258 e. The van der Waals surface area contributed by atoms with E-state index in [4.69, 9.17) is 4.74 Å². The van der Waals surface area contributed by atoms with Crippen molar-refractivity contribution in [2.75, 3.05) is 19.7 Å². The lowest BCUT2D eigenvalue weighted by Gasteiger charge is -2.25. The average molecular weight is 450 g/mol. The van der Waals surface area contributed by atoms with Gasteiger partial charge in [0, 0.05) is 30.5 Å². The maximum Gasteiger partial charge on any atom is 0.258 e. The summed E-state index contributed by atoms with van der Waals surface area (Å²) in [4.78, 5) is 32.4. The summed E-state index contributed by atoms with van der Waals surface area (Å²) in [5.41, 5.74) is 2.56. The number of aromatic nitrogens is 1. The number of thiazole rings is 1. The standard InChI is InChI=1S/C25H27N3O3S/c1-2-31-22-13-7-6-11-20(22)25(30)28-16-8-12-21(28)23(29)26-15-14-19-17-32-24(27-19)18-9-4-3-5-10-18/h3-7,9-11,13,17,21H,2,8,12,14-16H2,1H3,(H,26,29)/t21-/m1/s1. The third-order valence-corrected chi connectivity index (χ3v) is 6.43. The molecule has 2 aromatic carbocycles. The molecule has 0 radical (unpaired) electrons. The lowest BCUT2D eigenvalue weighted by Crippen LogP contribution is -2.46. The SMILES string of the molecule is CCOc1ccccc1C(=O)N1CCC[C@@H]1C(=O)NCCc1csc(-c2ccccc2)n1. The van der Waals surface area contributed by atoms with Crippen molar-refractivity contribution >= 4 is 23.2 Å². The average Bonchev–Trinajstić information content (AvgIpc) is 3.50. The van der Waals surface area contributed by atoms with E-state index in [1.165, 1.54) is 0 Å². The summed E-state index contributed by atoms with van der Waals surface area (Å²) < 4.78 is 5.61. The van der Waals surface area contributed by atoms with E-state index in [-0.39, 0.29) is 11.8 Å². The molecule has 0 aliphatic carbocycles. The van der Waals surface area contributed by atoms with Gasteiger partial charge in [0.05, 0.1) is 17.9 Å². The molecule has 1 fully saturated rings. The van der Waals surface area contributed by atoms with E-state index in [2.05, 4.69) is 10.3 Å². The van der Waals surface area contributed by atoms with Crippen molar-refractivity contribution in [3.05, 3.63) is 71.2 Å². The van der Waals surface area contributed by atoms with Gasteiger partial charge in [0.2, 0.25) is 5.91 Å². The van der Waals surface area contributed by atoms with Crippen LogP contribution >= 0.6 is 11.3 Å². The molecule has 1 N–H and O–H groups in total. The maximum absolute atomic E-state index is 13.1. The van der Waals surface area contributed by atoms with Crippen LogP contribution in [0.1, 0.15) is 35.8 Å². The molecule has 4 rings (SSSR count). The van der Waals surface area contributed by atoms with Gasteiger partial charge in [0.25, 0.3) is 5.91 Å². The summed E-state index contributed by atoms with van der Waals surface area (Å²) >= 11 is 1.61. The van der Waals surface area contributed by atoms with E-state index in [9.17, 15) is 9.59 Å². The molecule has 6 nitrogen and oxygen atoms in total. The molecule has 0 saturated carbocycles. The Kier molecular flexibility index (Phi) is 7.17. The van der Waals surface area contributed by atoms with Gasteiger partial charge in [0.15, 0.2) is 0 Å². The molecule has 1 atom stereocenters. The molecular formula is C25H27N3O3S. The van der Waals surface area contributed by atoms with Crippen LogP contribution in [0.4, 0.5) is 0 Å². The van der Waals surface area contributed by atoms with E-state index < -0.39 is 6.04 Å². The highest BCUT2D eigenvalue weighted by molar-refractivity contribution is 7.13. The first kappa shape index (κ1) is 22.0. The van der Waals surface area contributed by atoms with Gasteiger partial charge in [-0.2, -0.15) is 0 Å². The molecule has 0 spiro atoms. The largest absolute Gasteiger partial charge is 0.493 e. The van der Waals surface area contributed by atoms with Gasteiger partial charge in [-0.05, 0) is 31.9 Å². The van der Waals surface area contributed by atoms with Gasteiger partial charge in [-0.15, -0.1) is 11.3 Å². The number of carbonyl (C=O) groups excluding carboxylic acids is 2. The molecular weight excluding hydrogens is 422 g/mol. The molecule has 2 amide bonds. The van der Waals surface area contributed by atoms with E-state index >= 15 is 0 Å². The van der Waals surface area contributed by atoms with Crippen LogP contribution in [0.3, 0.4) is 0 Å². The highest BCUT2D eigenvalue weighted by atomic mass is 32.1. The summed E-state index contributed by atoms with van der Waals surface area (Å²) in [5.74, 6) is 0.297. The zero-order valence-electron chi connectivity index (χ0n) is 18.1. The third kappa shape index (κ3) is 4.99. The Morgan fingerprint density at radius 3 is 2.75 bits per heavy atom. The molecule has 0 bridgehead atoms. The number of amides is 2. The number of rotatable bonds is 8. The van der Waals surface area contributed by atoms with Crippen LogP contribution in [0.2, 0.25) is 0 Å². The van der Waals surface area contributed by atoms with Crippen LogP contribution in [0, 0.1) is 0 Å². The minimum absolute atomic E-state index is 0.108. The number of nitrogens with one attached hydrogen (secondary N) is 1. The number of carbonyl (C=O) groups is 2. The van der Waals surface area contributed by atoms with Gasteiger partial charge < -0.3 is 15.0 Å². The van der Waals surface area contributed by atoms with Crippen LogP contribution in [0.5, 0.6) is 5.75 Å². The Morgan fingerprint density at radius 1 is 1.16 bits per heavy atom. The quantitative estimate of drug-likeness (QED) is 0.560. The minimum Gasteiger partial charge on any atom is -0.493 e. The number of ether oxygens (including phenoxy) is 1. The Bertz CT molecular complexity index is 1070. The van der Waals surface area contributed by atoms with E-state index in [0.717, 1.165) is 22.7 Å². The predicted octanol–water partition coefficient (Wildman–Crippen LogP) is 4.17. The third-order valence-electron chi connectivity index (χ3n) is 5.49. The summed E-state index contributed by atoms with van der Waals surface area (Å²) in [5, 5.41) is 6.01. The molecule has 32 heavy (non-hydrogen) atoms. The summed E-state index contributed by atoms with van der Waals surface area (Å²) in [7, 11) is 0. The minimum atomic E-state index is -0.451. The van der Waals surface area contributed by atoms with Crippen molar-refractivity contribution in [2.45, 2.75) is 32.2 Å². The highest BCUT2D eigenvalue weighted by Gasteiger charge is 2.35. The van der Waals surface area contributed by atoms with Gasteiger partial charge in [-0.25, -0.2) is 4.98 Å². The number of benzene rings is 2. The number of likely N-dealkylation sites (tertiary alicyclic amines) is 1. The second-order valence-corrected chi connectivity index (χ2v) is 8.49. The predicted molar refractivity (Wildman–Crippen MR) is 126 cm³/mol. The van der Waals surface area contributed by atoms with Crippen molar-refractivity contribution in [1.82, 2.24) is 15.2 Å². The maximum atomic E-state index is 13.1. The van der Waals surface area contributed by atoms with Crippen LogP contribution in [0.15, 0.2) is 60.0 Å². The molecule has 2 heterocycles. The van der Waals surface area contributed by atoms with Gasteiger partial charge >= 0.3 is 0 Å². The topological polar surface area (TPSA) is 71.5 Å². The fourth-order valence-corrected chi connectivity index (χ4v) is 4.79. The van der Waals surface area contributed by atoms with Crippen LogP contribution in [0.25, 0.3) is 10.6 Å². The molecule has 1 aliphatic heterocycles. The zero-order chi connectivity index (χ0) is 22.3. The fraction of sp³-hybridized carbons (Fsp3) is 0.320. The Morgan fingerprint density at radius 2 is 1.94 bits per heavy atom. The normalized spacial score (nSPS) is 15.5. The first-order valence-electron chi connectivity index (χ1n) is 11.0. The van der Waals surface area contributed by atoms with Crippen LogP contribution < -0.4 is 10.1 Å². The van der Waals surface area contributed by atoms with Gasteiger partial charge in [0.1, 0.15) is 16.8 Å². The van der Waals surface area contributed by atoms with E-state index in [1.54, 1.807) is 28.4 Å². The summed E-state index contributed by atoms with van der Waals surface area (Å²) in [6.45, 7) is 3.43. The van der Waals surface area contributed by atoms with Crippen LogP contribution in [-0.2, 0) is 11.2 Å². The first-order valence-corrected chi connectivity index (χ1v) is 11.9. The summed E-state index contributed by atoms with van der Waals surface area (Å²) in [6.07, 6.45) is 2.14. The Hall–Kier alpha value is -3.19. The number of nitrogens with zero attached hydrogens (tertiary/aromatic N) is 2. The molecule has 3 aromatic rings. The molecule has 7 heteroatoms. The highest BCUT2D eigenvalue weighted by Crippen LogP contribution is 2.26. The zero-order valence-corrected chi connectivity index (χ0v) is 18.9. The van der Waals surface area contributed by atoms with E-state index in [1.807, 2.05) is 54.8 Å². The number of hydrogen-bond acceptors (Lipinski definition) is 5. The Balaban J connectivity index is 1.34. The monoisotopic (exact) mass is 449 g/mol. The van der Waals surface area contributed by atoms with Gasteiger partial charge in [-0.1, -0.05) is 42.5 Å².